The number of rotatable bonds is 2. The number of ether oxygens (including phenoxy) is 1. The second kappa shape index (κ2) is 4.02. The SMILES string of the molecule is COC(=O)C(F)(F)C1CCCC(=O)C1. The lowest BCUT2D eigenvalue weighted by Gasteiger charge is -2.26. The molecule has 80 valence electrons. The molecule has 0 saturated heterocycles. The van der Waals surface area contributed by atoms with Crippen LogP contribution in [0, 0.1) is 5.92 Å². The summed E-state index contributed by atoms with van der Waals surface area (Å²) in [4.78, 5) is 21.7. The van der Waals surface area contributed by atoms with E-state index in [2.05, 4.69) is 4.74 Å². The van der Waals surface area contributed by atoms with E-state index >= 15 is 0 Å². The van der Waals surface area contributed by atoms with Crippen LogP contribution in [0.5, 0.6) is 0 Å². The van der Waals surface area contributed by atoms with Crippen LogP contribution >= 0.6 is 0 Å². The van der Waals surface area contributed by atoms with Crippen molar-refractivity contribution in [2.24, 2.45) is 5.92 Å². The first kappa shape index (κ1) is 11.1. The van der Waals surface area contributed by atoms with Crippen LogP contribution in [0.2, 0.25) is 0 Å². The highest BCUT2D eigenvalue weighted by Gasteiger charge is 2.49. The molecule has 0 N–H and O–H groups in total. The van der Waals surface area contributed by atoms with E-state index in [1.165, 1.54) is 0 Å². The number of carbonyl (C=O) groups excluding carboxylic acids is 2. The van der Waals surface area contributed by atoms with Gasteiger partial charge in [0.1, 0.15) is 5.78 Å². The van der Waals surface area contributed by atoms with Crippen LogP contribution in [0.15, 0.2) is 0 Å². The zero-order chi connectivity index (χ0) is 10.8. The molecule has 0 radical (unpaired) electrons. The molecule has 1 aliphatic rings. The van der Waals surface area contributed by atoms with Gasteiger partial charge in [0, 0.05) is 18.8 Å². The number of hydrogen-bond donors (Lipinski definition) is 0. The van der Waals surface area contributed by atoms with E-state index in [1.54, 1.807) is 0 Å². The lowest BCUT2D eigenvalue weighted by atomic mass is 9.84. The lowest BCUT2D eigenvalue weighted by molar-refractivity contribution is -0.179. The zero-order valence-electron chi connectivity index (χ0n) is 7.89. The molecule has 1 aliphatic carbocycles. The Morgan fingerprint density at radius 2 is 2.21 bits per heavy atom. The van der Waals surface area contributed by atoms with Gasteiger partial charge in [-0.05, 0) is 12.8 Å². The Kier molecular flexibility index (Phi) is 3.18. The first-order valence-corrected chi connectivity index (χ1v) is 4.46. The predicted molar refractivity (Wildman–Crippen MR) is 43.9 cm³/mol. The van der Waals surface area contributed by atoms with E-state index in [1.807, 2.05) is 0 Å². The molecule has 0 aromatic heterocycles. The largest absolute Gasteiger partial charge is 0.465 e. The Morgan fingerprint density at radius 1 is 1.57 bits per heavy atom. The van der Waals surface area contributed by atoms with Crippen molar-refractivity contribution >= 4 is 11.8 Å². The van der Waals surface area contributed by atoms with Crippen LogP contribution in [0.25, 0.3) is 0 Å². The number of alkyl halides is 2. The molecule has 0 heterocycles. The Balaban J connectivity index is 2.70. The van der Waals surface area contributed by atoms with Gasteiger partial charge in [-0.3, -0.25) is 4.79 Å². The van der Waals surface area contributed by atoms with Crippen LogP contribution in [-0.2, 0) is 14.3 Å². The molecule has 0 amide bonds. The maximum atomic E-state index is 13.2. The van der Waals surface area contributed by atoms with Gasteiger partial charge in [0.15, 0.2) is 0 Å². The minimum absolute atomic E-state index is 0.202. The smallest absolute Gasteiger partial charge is 0.377 e. The standard InChI is InChI=1S/C9H12F2O3/c1-14-8(13)9(10,11)6-3-2-4-7(12)5-6/h6H,2-5H2,1H3. The zero-order valence-corrected chi connectivity index (χ0v) is 7.89. The van der Waals surface area contributed by atoms with E-state index in [9.17, 15) is 18.4 Å². The molecule has 14 heavy (non-hydrogen) atoms. The van der Waals surface area contributed by atoms with Crippen molar-refractivity contribution in [2.75, 3.05) is 7.11 Å². The summed E-state index contributed by atoms with van der Waals surface area (Å²) in [5.41, 5.74) is 0. The Morgan fingerprint density at radius 3 is 2.71 bits per heavy atom. The molecule has 0 spiro atoms. The van der Waals surface area contributed by atoms with Crippen molar-refractivity contribution in [1.29, 1.82) is 0 Å². The minimum atomic E-state index is -3.52. The summed E-state index contributed by atoms with van der Waals surface area (Å²) < 4.78 is 30.5. The molecule has 5 heteroatoms. The molecule has 1 atom stereocenters. The fourth-order valence-corrected chi connectivity index (χ4v) is 1.64. The van der Waals surface area contributed by atoms with Gasteiger partial charge in [-0.2, -0.15) is 8.78 Å². The fraction of sp³-hybridized carbons (Fsp3) is 0.778. The Labute approximate surface area is 80.4 Å². The number of hydrogen-bond acceptors (Lipinski definition) is 3. The van der Waals surface area contributed by atoms with Gasteiger partial charge in [-0.15, -0.1) is 0 Å². The van der Waals surface area contributed by atoms with E-state index in [4.69, 9.17) is 0 Å². The summed E-state index contributed by atoms with van der Waals surface area (Å²) in [5, 5.41) is 0. The highest BCUT2D eigenvalue weighted by Crippen LogP contribution is 2.35. The second-order valence-corrected chi connectivity index (χ2v) is 3.45. The number of halogens is 2. The van der Waals surface area contributed by atoms with Crippen LogP contribution in [0.1, 0.15) is 25.7 Å². The summed E-state index contributed by atoms with van der Waals surface area (Å²) in [6.07, 6.45) is 0.750. The number of carbonyl (C=O) groups is 2. The quantitative estimate of drug-likeness (QED) is 0.644. The minimum Gasteiger partial charge on any atom is -0.465 e. The lowest BCUT2D eigenvalue weighted by Crippen LogP contribution is -2.40. The summed E-state index contributed by atoms with van der Waals surface area (Å²) >= 11 is 0. The third-order valence-electron chi connectivity index (χ3n) is 2.45. The monoisotopic (exact) mass is 206 g/mol. The van der Waals surface area contributed by atoms with Crippen LogP contribution < -0.4 is 0 Å². The maximum Gasteiger partial charge on any atom is 0.377 e. The number of esters is 1. The summed E-state index contributed by atoms with van der Waals surface area (Å²) in [7, 11) is 0.918. The van der Waals surface area contributed by atoms with Crippen LogP contribution in [-0.4, -0.2) is 24.8 Å². The number of methoxy groups -OCH3 is 1. The number of Topliss-reactive ketones (excluding diaryl/α,β-unsaturated/α-hetero) is 1. The van der Waals surface area contributed by atoms with Crippen LogP contribution in [0.3, 0.4) is 0 Å². The van der Waals surface area contributed by atoms with Crippen LogP contribution in [0.4, 0.5) is 8.78 Å². The molecule has 1 rings (SSSR count). The van der Waals surface area contributed by atoms with E-state index in [-0.39, 0.29) is 18.6 Å². The second-order valence-electron chi connectivity index (χ2n) is 3.45. The molecule has 0 bridgehead atoms. The van der Waals surface area contributed by atoms with Crippen molar-refractivity contribution in [3.05, 3.63) is 0 Å². The highest BCUT2D eigenvalue weighted by atomic mass is 19.3. The van der Waals surface area contributed by atoms with Gasteiger partial charge in [0.05, 0.1) is 7.11 Å². The topological polar surface area (TPSA) is 43.4 Å². The molecule has 0 aliphatic heterocycles. The summed E-state index contributed by atoms with van der Waals surface area (Å²) in [5.74, 6) is -6.46. The highest BCUT2D eigenvalue weighted by molar-refractivity contribution is 5.82. The van der Waals surface area contributed by atoms with Crippen molar-refractivity contribution in [3.63, 3.8) is 0 Å². The Bertz CT molecular complexity index is 250. The normalized spacial score (nSPS) is 23.4. The molecular weight excluding hydrogens is 194 g/mol. The van der Waals surface area contributed by atoms with Gasteiger partial charge in [-0.1, -0.05) is 0 Å². The van der Waals surface area contributed by atoms with Gasteiger partial charge in [0.25, 0.3) is 0 Å². The van der Waals surface area contributed by atoms with Crippen molar-refractivity contribution in [2.45, 2.75) is 31.6 Å². The summed E-state index contributed by atoms with van der Waals surface area (Å²) in [6, 6.07) is 0. The molecule has 0 aromatic carbocycles. The maximum absolute atomic E-state index is 13.2. The predicted octanol–water partition coefficient (Wildman–Crippen LogP) is 1.55. The van der Waals surface area contributed by atoms with Crippen molar-refractivity contribution in [1.82, 2.24) is 0 Å². The van der Waals surface area contributed by atoms with Crippen molar-refractivity contribution in [3.8, 4) is 0 Å². The average Bonchev–Trinajstić information content (AvgIpc) is 2.16. The first-order valence-electron chi connectivity index (χ1n) is 4.46. The van der Waals surface area contributed by atoms with E-state index < -0.39 is 17.8 Å². The molecular formula is C9H12F2O3. The molecule has 3 nitrogen and oxygen atoms in total. The molecule has 1 fully saturated rings. The number of ketones is 1. The fourth-order valence-electron chi connectivity index (χ4n) is 1.64. The Hall–Kier alpha value is -1.00. The van der Waals surface area contributed by atoms with Crippen molar-refractivity contribution < 1.29 is 23.1 Å². The third kappa shape index (κ3) is 2.08. The van der Waals surface area contributed by atoms with Gasteiger partial charge in [-0.25, -0.2) is 4.79 Å². The van der Waals surface area contributed by atoms with E-state index in [0.717, 1.165) is 7.11 Å². The first-order chi connectivity index (χ1) is 6.48. The molecule has 1 saturated carbocycles. The summed E-state index contributed by atoms with van der Waals surface area (Å²) in [6.45, 7) is 0. The third-order valence-corrected chi connectivity index (χ3v) is 2.45. The molecule has 0 aromatic rings. The average molecular weight is 206 g/mol. The van der Waals surface area contributed by atoms with E-state index in [0.29, 0.717) is 12.8 Å². The van der Waals surface area contributed by atoms with Gasteiger partial charge in [0.2, 0.25) is 0 Å². The molecule has 1 unspecified atom stereocenters. The van der Waals surface area contributed by atoms with Gasteiger partial charge < -0.3 is 4.74 Å². The van der Waals surface area contributed by atoms with Gasteiger partial charge >= 0.3 is 11.9 Å².